The van der Waals surface area contributed by atoms with E-state index in [4.69, 9.17) is 4.74 Å². The largest absolute Gasteiger partial charge is 0.496 e. The van der Waals surface area contributed by atoms with E-state index in [9.17, 15) is 9.59 Å². The minimum Gasteiger partial charge on any atom is -0.496 e. The van der Waals surface area contributed by atoms with Gasteiger partial charge in [0.25, 0.3) is 5.91 Å². The Kier molecular flexibility index (Phi) is 8.72. The zero-order chi connectivity index (χ0) is 23.8. The van der Waals surface area contributed by atoms with Crippen LogP contribution in [-0.2, 0) is 4.79 Å². The SMILES string of the molecule is COc1ccccc1C(=O)NC(C(=O)NCC(C)N1CCN(c2ccccc2)CC1)C(C)C. The van der Waals surface area contributed by atoms with Crippen molar-refractivity contribution in [2.75, 3.05) is 44.7 Å². The fourth-order valence-corrected chi connectivity index (χ4v) is 4.13. The minimum absolute atomic E-state index is 0.0478. The van der Waals surface area contributed by atoms with Gasteiger partial charge in [0.05, 0.1) is 12.7 Å². The lowest BCUT2D eigenvalue weighted by atomic mass is 10.0. The Labute approximate surface area is 197 Å². The highest BCUT2D eigenvalue weighted by molar-refractivity contribution is 5.99. The molecule has 0 aliphatic carbocycles. The van der Waals surface area contributed by atoms with Gasteiger partial charge in [0.1, 0.15) is 11.8 Å². The third-order valence-electron chi connectivity index (χ3n) is 6.22. The van der Waals surface area contributed by atoms with E-state index in [0.29, 0.717) is 17.9 Å². The first-order valence-corrected chi connectivity index (χ1v) is 11.7. The summed E-state index contributed by atoms with van der Waals surface area (Å²) in [6, 6.07) is 17.1. The third-order valence-corrected chi connectivity index (χ3v) is 6.22. The number of piperazine rings is 1. The van der Waals surface area contributed by atoms with Crippen molar-refractivity contribution in [3.05, 3.63) is 60.2 Å². The van der Waals surface area contributed by atoms with Crippen molar-refractivity contribution in [3.63, 3.8) is 0 Å². The monoisotopic (exact) mass is 452 g/mol. The van der Waals surface area contributed by atoms with Crippen LogP contribution in [0, 0.1) is 5.92 Å². The maximum atomic E-state index is 12.9. The number of ether oxygens (including phenoxy) is 1. The minimum atomic E-state index is -0.621. The number of anilines is 1. The van der Waals surface area contributed by atoms with Gasteiger partial charge in [0, 0.05) is 44.5 Å². The van der Waals surface area contributed by atoms with Crippen LogP contribution in [0.1, 0.15) is 31.1 Å². The van der Waals surface area contributed by atoms with Gasteiger partial charge in [-0.1, -0.05) is 44.2 Å². The van der Waals surface area contributed by atoms with E-state index in [-0.39, 0.29) is 23.8 Å². The average molecular weight is 453 g/mol. The van der Waals surface area contributed by atoms with Crippen molar-refractivity contribution < 1.29 is 14.3 Å². The van der Waals surface area contributed by atoms with E-state index in [1.165, 1.54) is 12.8 Å². The second-order valence-electron chi connectivity index (χ2n) is 8.85. The number of nitrogens with one attached hydrogen (secondary N) is 2. The summed E-state index contributed by atoms with van der Waals surface area (Å²) in [6.07, 6.45) is 0. The first-order chi connectivity index (χ1) is 15.9. The molecule has 2 amide bonds. The highest BCUT2D eigenvalue weighted by Crippen LogP contribution is 2.18. The van der Waals surface area contributed by atoms with E-state index in [1.807, 2.05) is 26.0 Å². The van der Waals surface area contributed by atoms with Gasteiger partial charge >= 0.3 is 0 Å². The first kappa shape index (κ1) is 24.6. The van der Waals surface area contributed by atoms with Gasteiger partial charge in [-0.05, 0) is 37.1 Å². The Morgan fingerprint density at radius 1 is 0.939 bits per heavy atom. The fraction of sp³-hybridized carbons (Fsp3) is 0.462. The Hall–Kier alpha value is -3.06. The molecule has 2 N–H and O–H groups in total. The molecule has 0 spiro atoms. The van der Waals surface area contributed by atoms with Crippen LogP contribution in [0.15, 0.2) is 54.6 Å². The maximum absolute atomic E-state index is 12.9. The van der Waals surface area contributed by atoms with Crippen LogP contribution in [0.25, 0.3) is 0 Å². The number of carbonyl (C=O) groups excluding carboxylic acids is 2. The number of nitrogens with zero attached hydrogens (tertiary/aromatic N) is 2. The second-order valence-corrected chi connectivity index (χ2v) is 8.85. The van der Waals surface area contributed by atoms with Crippen molar-refractivity contribution in [1.29, 1.82) is 0 Å². The van der Waals surface area contributed by atoms with E-state index in [0.717, 1.165) is 26.2 Å². The molecule has 1 fully saturated rings. The molecule has 178 valence electrons. The quantitative estimate of drug-likeness (QED) is 0.612. The summed E-state index contributed by atoms with van der Waals surface area (Å²) in [5.74, 6) is -0.0380. The fourth-order valence-electron chi connectivity index (χ4n) is 4.13. The molecule has 7 heteroatoms. The predicted octanol–water partition coefficient (Wildman–Crippen LogP) is 2.78. The number of carbonyl (C=O) groups is 2. The molecule has 2 aromatic rings. The van der Waals surface area contributed by atoms with Crippen molar-refractivity contribution in [1.82, 2.24) is 15.5 Å². The first-order valence-electron chi connectivity index (χ1n) is 11.7. The van der Waals surface area contributed by atoms with Crippen LogP contribution in [0.4, 0.5) is 5.69 Å². The van der Waals surface area contributed by atoms with Gasteiger partial charge in [-0.3, -0.25) is 14.5 Å². The van der Waals surface area contributed by atoms with Crippen LogP contribution in [-0.4, -0.2) is 68.6 Å². The summed E-state index contributed by atoms with van der Waals surface area (Å²) >= 11 is 0. The highest BCUT2D eigenvalue weighted by atomic mass is 16.5. The molecule has 1 aliphatic rings. The van der Waals surface area contributed by atoms with E-state index < -0.39 is 6.04 Å². The van der Waals surface area contributed by atoms with Gasteiger partial charge in [-0.25, -0.2) is 0 Å². The molecule has 0 saturated carbocycles. The van der Waals surface area contributed by atoms with Gasteiger partial charge in [-0.2, -0.15) is 0 Å². The molecule has 0 bridgehead atoms. The van der Waals surface area contributed by atoms with E-state index >= 15 is 0 Å². The molecule has 33 heavy (non-hydrogen) atoms. The lowest BCUT2D eigenvalue weighted by Gasteiger charge is -2.39. The van der Waals surface area contributed by atoms with Crippen molar-refractivity contribution >= 4 is 17.5 Å². The molecular formula is C26H36N4O3. The number of hydrogen-bond donors (Lipinski definition) is 2. The summed E-state index contributed by atoms with van der Waals surface area (Å²) in [6.45, 7) is 10.4. The van der Waals surface area contributed by atoms with Crippen LogP contribution >= 0.6 is 0 Å². The molecule has 1 heterocycles. The van der Waals surface area contributed by atoms with Crippen molar-refractivity contribution in [2.45, 2.75) is 32.9 Å². The molecule has 2 unspecified atom stereocenters. The highest BCUT2D eigenvalue weighted by Gasteiger charge is 2.27. The molecule has 1 saturated heterocycles. The number of hydrogen-bond acceptors (Lipinski definition) is 5. The van der Waals surface area contributed by atoms with E-state index in [1.54, 1.807) is 18.2 Å². The molecule has 1 aliphatic heterocycles. The summed E-state index contributed by atoms with van der Waals surface area (Å²) in [5.41, 5.74) is 1.67. The van der Waals surface area contributed by atoms with Gasteiger partial charge in [0.15, 0.2) is 0 Å². The Bertz CT molecular complexity index is 911. The topological polar surface area (TPSA) is 73.9 Å². The summed E-state index contributed by atoms with van der Waals surface area (Å²) in [7, 11) is 1.53. The average Bonchev–Trinajstić information content (AvgIpc) is 2.85. The van der Waals surface area contributed by atoms with Crippen LogP contribution < -0.4 is 20.3 Å². The molecule has 3 rings (SSSR count). The van der Waals surface area contributed by atoms with Crippen molar-refractivity contribution in [3.8, 4) is 5.75 Å². The smallest absolute Gasteiger partial charge is 0.255 e. The number of para-hydroxylation sites is 2. The number of amides is 2. The molecule has 0 radical (unpaired) electrons. The number of benzene rings is 2. The molecule has 2 atom stereocenters. The predicted molar refractivity (Wildman–Crippen MR) is 132 cm³/mol. The summed E-state index contributed by atoms with van der Waals surface area (Å²) in [4.78, 5) is 30.5. The molecule has 7 nitrogen and oxygen atoms in total. The second kappa shape index (κ2) is 11.7. The van der Waals surface area contributed by atoms with E-state index in [2.05, 4.69) is 51.6 Å². The lowest BCUT2D eigenvalue weighted by molar-refractivity contribution is -0.124. The normalized spacial score (nSPS) is 16.2. The molecule has 0 aromatic heterocycles. The third kappa shape index (κ3) is 6.48. The Balaban J connectivity index is 1.51. The van der Waals surface area contributed by atoms with Crippen LogP contribution in [0.5, 0.6) is 5.75 Å². The molecular weight excluding hydrogens is 416 g/mol. The Morgan fingerprint density at radius 2 is 1.58 bits per heavy atom. The standard InChI is InChI=1S/C26H36N4O3/c1-19(2)24(28-25(31)22-12-8-9-13-23(22)33-4)26(32)27-18-20(3)29-14-16-30(17-15-29)21-10-6-5-7-11-21/h5-13,19-20,24H,14-18H2,1-4H3,(H,27,32)(H,28,31). The number of methoxy groups -OCH3 is 1. The zero-order valence-corrected chi connectivity index (χ0v) is 20.1. The van der Waals surface area contributed by atoms with Gasteiger partial charge in [-0.15, -0.1) is 0 Å². The molecule has 2 aromatic carbocycles. The number of rotatable bonds is 9. The summed E-state index contributed by atoms with van der Waals surface area (Å²) < 4.78 is 5.28. The van der Waals surface area contributed by atoms with Crippen molar-refractivity contribution in [2.24, 2.45) is 5.92 Å². The van der Waals surface area contributed by atoms with Gasteiger partial charge in [0.2, 0.25) is 5.91 Å². The maximum Gasteiger partial charge on any atom is 0.255 e. The van der Waals surface area contributed by atoms with Gasteiger partial charge < -0.3 is 20.3 Å². The van der Waals surface area contributed by atoms with Crippen LogP contribution in [0.3, 0.4) is 0 Å². The van der Waals surface area contributed by atoms with Crippen LogP contribution in [0.2, 0.25) is 0 Å². The zero-order valence-electron chi connectivity index (χ0n) is 20.1. The lowest BCUT2D eigenvalue weighted by Crippen LogP contribution is -2.55. The summed E-state index contributed by atoms with van der Waals surface area (Å²) in [5, 5.41) is 5.93. The Morgan fingerprint density at radius 3 is 2.21 bits per heavy atom.